The number of anilines is 1. The number of hydrogen-bond acceptors (Lipinski definition) is 4. The second-order valence-electron chi connectivity index (χ2n) is 8.80. The molecule has 0 atom stereocenters. The number of thiazole rings is 1. The Morgan fingerprint density at radius 2 is 1.76 bits per heavy atom. The van der Waals surface area contributed by atoms with Gasteiger partial charge in [-0.1, -0.05) is 18.2 Å². The molecule has 0 radical (unpaired) electrons. The van der Waals surface area contributed by atoms with Crippen molar-refractivity contribution in [2.24, 2.45) is 0 Å². The van der Waals surface area contributed by atoms with Crippen LogP contribution in [0.2, 0.25) is 0 Å². The van der Waals surface area contributed by atoms with Crippen molar-refractivity contribution in [3.05, 3.63) is 95.9 Å². The van der Waals surface area contributed by atoms with Gasteiger partial charge in [0.25, 0.3) is 0 Å². The van der Waals surface area contributed by atoms with Crippen molar-refractivity contribution in [1.82, 2.24) is 4.57 Å². The Balaban J connectivity index is 1.45. The number of para-hydroxylation sites is 1. The van der Waals surface area contributed by atoms with Gasteiger partial charge in [-0.3, -0.25) is 0 Å². The molecule has 7 heteroatoms. The predicted octanol–water partition coefficient (Wildman–Crippen LogP) is 4.68. The van der Waals surface area contributed by atoms with Gasteiger partial charge in [0, 0.05) is 0 Å². The molecule has 186 valence electrons. The Morgan fingerprint density at radius 1 is 0.946 bits per heavy atom. The minimum absolute atomic E-state index is 0.0938. The van der Waals surface area contributed by atoms with Gasteiger partial charge in [-0.05, 0) is 0 Å². The number of benzene rings is 3. The molecule has 3 aromatic carbocycles. The van der Waals surface area contributed by atoms with E-state index < -0.39 is 0 Å². The zero-order chi connectivity index (χ0) is 25.5. The number of allylic oxidation sites excluding steroid dienone is 1. The van der Waals surface area contributed by atoms with E-state index in [0.717, 1.165) is 27.3 Å². The van der Waals surface area contributed by atoms with Crippen LogP contribution in [-0.4, -0.2) is 25.6 Å². The zero-order valence-electron chi connectivity index (χ0n) is 21.1. The van der Waals surface area contributed by atoms with Crippen LogP contribution < -0.4 is 24.2 Å². The molecule has 4 nitrogen and oxygen atoms in total. The summed E-state index contributed by atoms with van der Waals surface area (Å²) in [6.45, 7) is 8.90. The van der Waals surface area contributed by atoms with E-state index in [1.807, 2.05) is 10.6 Å². The molecule has 0 amide bonds. The molecule has 1 aliphatic rings. The third kappa shape index (κ3) is 4.24. The standard InChI is InChI=1S/C30H28N3OS2Se/c1-4-31-23-16-15-20-11-7-8-12-21(20)29(23)36-26(31)18-17-24-30(34)33(6-3)27(35-24)19-28-32(5-2)22-13-9-10-14-25(22)37-28/h7-19H,4-6H2,1-3H3/q+1/b24-17+,26-18+. The van der Waals surface area contributed by atoms with Crippen molar-refractivity contribution in [2.75, 3.05) is 11.4 Å². The van der Waals surface area contributed by atoms with Crippen molar-refractivity contribution < 1.29 is 4.57 Å². The third-order valence-corrected chi connectivity index (χ3v) is 11.4. The van der Waals surface area contributed by atoms with Crippen LogP contribution in [0.3, 0.4) is 0 Å². The first-order valence-corrected chi connectivity index (χ1v) is 16.0. The van der Waals surface area contributed by atoms with Crippen molar-refractivity contribution >= 4 is 76.0 Å². The van der Waals surface area contributed by atoms with Gasteiger partial charge in [0.1, 0.15) is 0 Å². The van der Waals surface area contributed by atoms with Crippen LogP contribution in [0.1, 0.15) is 25.3 Å². The van der Waals surface area contributed by atoms with Gasteiger partial charge in [-0.15, -0.1) is 0 Å². The number of fused-ring (bicyclic) bond motifs is 4. The minimum atomic E-state index is 0.0938. The summed E-state index contributed by atoms with van der Waals surface area (Å²) >= 11 is 3.64. The molecule has 5 aromatic rings. The summed E-state index contributed by atoms with van der Waals surface area (Å²) in [5, 5.41) is 3.70. The summed E-state index contributed by atoms with van der Waals surface area (Å²) in [6.07, 6.45) is 6.39. The Labute approximate surface area is 230 Å². The molecule has 0 aliphatic carbocycles. The van der Waals surface area contributed by atoms with Gasteiger partial charge in [0.2, 0.25) is 0 Å². The van der Waals surface area contributed by atoms with E-state index in [-0.39, 0.29) is 20.1 Å². The topological polar surface area (TPSA) is 29.1 Å². The summed E-state index contributed by atoms with van der Waals surface area (Å²) in [5.41, 5.74) is 2.65. The van der Waals surface area contributed by atoms with Crippen molar-refractivity contribution in [1.29, 1.82) is 0 Å². The maximum atomic E-state index is 13.4. The Bertz CT molecular complexity index is 1860. The first kappa shape index (κ1) is 24.5. The van der Waals surface area contributed by atoms with Crippen molar-refractivity contribution in [2.45, 2.75) is 38.8 Å². The second kappa shape index (κ2) is 10.1. The van der Waals surface area contributed by atoms with Crippen molar-refractivity contribution in [3.63, 3.8) is 0 Å². The van der Waals surface area contributed by atoms with Crippen LogP contribution in [0.15, 0.2) is 81.5 Å². The molecule has 0 saturated carbocycles. The first-order valence-electron chi connectivity index (χ1n) is 12.6. The average molecular weight is 590 g/mol. The summed E-state index contributed by atoms with van der Waals surface area (Å²) in [5.74, 6) is 0. The molecule has 0 bridgehead atoms. The number of aryl methyl sites for hydroxylation is 1. The molecule has 0 spiro atoms. The van der Waals surface area contributed by atoms with E-state index in [1.54, 1.807) is 23.1 Å². The van der Waals surface area contributed by atoms with Crippen molar-refractivity contribution in [3.8, 4) is 0 Å². The molecule has 0 N–H and O–H groups in total. The molecule has 0 unspecified atom stereocenters. The first-order chi connectivity index (χ1) is 18.1. The SMILES string of the molecule is CCN1/C(=C\C=c2\sc(=Cc3[se]c4ccccc4[n+]3CC)n(CC)c2=O)Sc2c1ccc1ccccc21. The summed E-state index contributed by atoms with van der Waals surface area (Å²) in [7, 11) is 0. The van der Waals surface area contributed by atoms with Gasteiger partial charge in [0.15, 0.2) is 0 Å². The van der Waals surface area contributed by atoms with Gasteiger partial charge in [0.05, 0.1) is 0 Å². The monoisotopic (exact) mass is 590 g/mol. The molecule has 6 rings (SSSR count). The van der Waals surface area contributed by atoms with Crippen LogP contribution >= 0.6 is 23.1 Å². The molecular weight excluding hydrogens is 561 g/mol. The fourth-order valence-electron chi connectivity index (χ4n) is 4.98. The fraction of sp³-hybridized carbons (Fsp3) is 0.200. The molecule has 3 heterocycles. The number of rotatable bonds is 5. The van der Waals surface area contributed by atoms with E-state index in [4.69, 9.17) is 0 Å². The second-order valence-corrected chi connectivity index (χ2v) is 13.1. The van der Waals surface area contributed by atoms with E-state index in [1.165, 1.54) is 35.7 Å². The molecule has 37 heavy (non-hydrogen) atoms. The van der Waals surface area contributed by atoms with Crippen LogP contribution in [0.5, 0.6) is 0 Å². The molecule has 0 saturated heterocycles. The molecule has 2 aromatic heterocycles. The van der Waals surface area contributed by atoms with E-state index in [2.05, 4.69) is 103 Å². The number of hydrogen-bond donors (Lipinski definition) is 0. The van der Waals surface area contributed by atoms with Gasteiger partial charge >= 0.3 is 213 Å². The van der Waals surface area contributed by atoms with Crippen LogP contribution in [0.4, 0.5) is 5.69 Å². The summed E-state index contributed by atoms with van der Waals surface area (Å²) in [6, 6.07) is 21.6. The molecule has 1 aliphatic heterocycles. The predicted molar refractivity (Wildman–Crippen MR) is 159 cm³/mol. The summed E-state index contributed by atoms with van der Waals surface area (Å²) < 4.78 is 8.84. The van der Waals surface area contributed by atoms with Crippen LogP contribution in [-0.2, 0) is 13.1 Å². The van der Waals surface area contributed by atoms with E-state index in [9.17, 15) is 4.79 Å². The van der Waals surface area contributed by atoms with Crippen LogP contribution in [0, 0.1) is 0 Å². The molecule has 0 fully saturated rings. The van der Waals surface area contributed by atoms with Gasteiger partial charge in [-0.25, -0.2) is 0 Å². The number of thioether (sulfide) groups is 1. The quantitative estimate of drug-likeness (QED) is 0.220. The zero-order valence-corrected chi connectivity index (χ0v) is 24.4. The van der Waals surface area contributed by atoms with E-state index >= 15 is 0 Å². The average Bonchev–Trinajstić information content (AvgIpc) is 3.57. The Morgan fingerprint density at radius 3 is 2.57 bits per heavy atom. The number of nitrogens with zero attached hydrogens (tertiary/aromatic N) is 3. The number of aromatic nitrogens is 2. The Hall–Kier alpha value is -2.83. The fourth-order valence-corrected chi connectivity index (χ4v) is 9.90. The normalized spacial score (nSPS) is 15.5. The van der Waals surface area contributed by atoms with Crippen LogP contribution in [0.25, 0.3) is 32.7 Å². The Kier molecular flexibility index (Phi) is 6.72. The van der Waals surface area contributed by atoms with Gasteiger partial charge in [-0.2, -0.15) is 0 Å². The molecular formula is C30H28N3OS2Se+. The summed E-state index contributed by atoms with van der Waals surface area (Å²) in [4.78, 5) is 17.0. The van der Waals surface area contributed by atoms with Gasteiger partial charge < -0.3 is 0 Å². The van der Waals surface area contributed by atoms with E-state index in [0.29, 0.717) is 6.54 Å². The third-order valence-electron chi connectivity index (χ3n) is 6.77. The maximum absolute atomic E-state index is 13.4.